The van der Waals surface area contributed by atoms with Gasteiger partial charge in [-0.1, -0.05) is 25.5 Å². The molecule has 18 heavy (non-hydrogen) atoms. The van der Waals surface area contributed by atoms with Gasteiger partial charge in [-0.15, -0.1) is 0 Å². The molecule has 2 aliphatic carbocycles. The number of hydrogen-bond donors (Lipinski definition) is 0. The molecule has 0 aromatic carbocycles. The Morgan fingerprint density at radius 2 is 2.22 bits per heavy atom. The van der Waals surface area contributed by atoms with Gasteiger partial charge in [0, 0.05) is 0 Å². The lowest BCUT2D eigenvalue weighted by Gasteiger charge is -2.20. The van der Waals surface area contributed by atoms with Crippen molar-refractivity contribution in [2.24, 2.45) is 17.3 Å². The molecule has 1 saturated carbocycles. The highest BCUT2D eigenvalue weighted by Gasteiger charge is 2.44. The molecule has 1 fully saturated rings. The summed E-state index contributed by atoms with van der Waals surface area (Å²) in [6, 6.07) is 0. The number of rotatable bonds is 5. The Morgan fingerprint density at radius 1 is 1.50 bits per heavy atom. The van der Waals surface area contributed by atoms with Crippen LogP contribution in [0.5, 0.6) is 0 Å². The van der Waals surface area contributed by atoms with Crippen LogP contribution in [-0.2, 0) is 9.53 Å². The second-order valence-electron chi connectivity index (χ2n) is 6.51. The molecule has 0 bridgehead atoms. The molecular weight excluding hydrogens is 224 g/mol. The fourth-order valence-corrected chi connectivity index (χ4v) is 3.02. The lowest BCUT2D eigenvalue weighted by molar-refractivity contribution is -0.148. The summed E-state index contributed by atoms with van der Waals surface area (Å²) in [5.41, 5.74) is 2.17. The average Bonchev–Trinajstić information content (AvgIpc) is 2.95. The van der Waals surface area contributed by atoms with Crippen LogP contribution >= 0.6 is 0 Å². The maximum Gasteiger partial charge on any atom is 0.309 e. The minimum absolute atomic E-state index is 0.00359. The first-order chi connectivity index (χ1) is 8.53. The van der Waals surface area contributed by atoms with Gasteiger partial charge in [-0.25, -0.2) is 0 Å². The zero-order valence-corrected chi connectivity index (χ0v) is 12.0. The van der Waals surface area contributed by atoms with Crippen LogP contribution in [0.2, 0.25) is 0 Å². The molecule has 0 aromatic heterocycles. The van der Waals surface area contributed by atoms with Crippen molar-refractivity contribution in [3.05, 3.63) is 11.6 Å². The maximum absolute atomic E-state index is 11.6. The van der Waals surface area contributed by atoms with Crippen LogP contribution < -0.4 is 0 Å². The standard InChI is InChI=1S/C16H26O2/c1-4-18-15(17)13-8-5-12(6-9-13)7-10-14-11-16(14,2)3/h5,13-14H,4,6-11H2,1-3H3. The van der Waals surface area contributed by atoms with Gasteiger partial charge >= 0.3 is 5.97 Å². The van der Waals surface area contributed by atoms with Crippen molar-refractivity contribution >= 4 is 5.97 Å². The summed E-state index contributed by atoms with van der Waals surface area (Å²) in [7, 11) is 0. The topological polar surface area (TPSA) is 26.3 Å². The van der Waals surface area contributed by atoms with Crippen molar-refractivity contribution in [2.45, 2.75) is 59.3 Å². The van der Waals surface area contributed by atoms with Crippen molar-refractivity contribution in [1.29, 1.82) is 0 Å². The summed E-state index contributed by atoms with van der Waals surface area (Å²) in [5, 5.41) is 0. The Morgan fingerprint density at radius 3 is 2.72 bits per heavy atom. The molecule has 2 unspecified atom stereocenters. The van der Waals surface area contributed by atoms with Crippen LogP contribution in [0.3, 0.4) is 0 Å². The Hall–Kier alpha value is -0.790. The maximum atomic E-state index is 11.6. The molecule has 2 heteroatoms. The van der Waals surface area contributed by atoms with Crippen LogP contribution in [0.1, 0.15) is 59.3 Å². The first-order valence-corrected chi connectivity index (χ1v) is 7.37. The summed E-state index contributed by atoms with van der Waals surface area (Å²) in [4.78, 5) is 11.6. The number of ether oxygens (including phenoxy) is 1. The zero-order valence-electron chi connectivity index (χ0n) is 12.0. The smallest absolute Gasteiger partial charge is 0.309 e. The first kappa shape index (κ1) is 13.6. The van der Waals surface area contributed by atoms with Crippen molar-refractivity contribution in [3.8, 4) is 0 Å². The Labute approximate surface area is 111 Å². The van der Waals surface area contributed by atoms with Gasteiger partial charge < -0.3 is 4.74 Å². The normalized spacial score (nSPS) is 29.6. The number of carbonyl (C=O) groups is 1. The molecule has 0 saturated heterocycles. The van der Waals surface area contributed by atoms with Crippen LogP contribution in [0, 0.1) is 17.3 Å². The van der Waals surface area contributed by atoms with E-state index < -0.39 is 0 Å². The van der Waals surface area contributed by atoms with Gasteiger partial charge in [-0.2, -0.15) is 0 Å². The van der Waals surface area contributed by atoms with Crippen molar-refractivity contribution in [3.63, 3.8) is 0 Å². The lowest BCUT2D eigenvalue weighted by Crippen LogP contribution is -2.19. The predicted molar refractivity (Wildman–Crippen MR) is 73.2 cm³/mol. The molecule has 0 radical (unpaired) electrons. The summed E-state index contributed by atoms with van der Waals surface area (Å²) in [6.45, 7) is 7.11. The van der Waals surface area contributed by atoms with E-state index in [0.29, 0.717) is 12.0 Å². The van der Waals surface area contributed by atoms with E-state index >= 15 is 0 Å². The van der Waals surface area contributed by atoms with Crippen LogP contribution in [0.4, 0.5) is 0 Å². The molecule has 2 atom stereocenters. The second-order valence-corrected chi connectivity index (χ2v) is 6.51. The highest BCUT2D eigenvalue weighted by atomic mass is 16.5. The molecule has 0 heterocycles. The van der Waals surface area contributed by atoms with E-state index in [1.165, 1.54) is 19.3 Å². The fourth-order valence-electron chi connectivity index (χ4n) is 3.02. The summed E-state index contributed by atoms with van der Waals surface area (Å²) in [5.74, 6) is 1.04. The fraction of sp³-hybridized carbons (Fsp3) is 0.812. The van der Waals surface area contributed by atoms with Gasteiger partial charge in [0.05, 0.1) is 12.5 Å². The number of carbonyl (C=O) groups excluding carboxylic acids is 1. The first-order valence-electron chi connectivity index (χ1n) is 7.37. The monoisotopic (exact) mass is 250 g/mol. The number of allylic oxidation sites excluding steroid dienone is 2. The summed E-state index contributed by atoms with van der Waals surface area (Å²) < 4.78 is 5.08. The Kier molecular flexibility index (Phi) is 4.14. The molecule has 0 amide bonds. The molecule has 0 aromatic rings. The van der Waals surface area contributed by atoms with Gasteiger partial charge in [0.2, 0.25) is 0 Å². The highest BCUT2D eigenvalue weighted by Crippen LogP contribution is 2.54. The molecular formula is C16H26O2. The average molecular weight is 250 g/mol. The van der Waals surface area contributed by atoms with Gasteiger partial charge in [0.1, 0.15) is 0 Å². The van der Waals surface area contributed by atoms with Crippen LogP contribution in [-0.4, -0.2) is 12.6 Å². The van der Waals surface area contributed by atoms with E-state index in [1.54, 1.807) is 5.57 Å². The van der Waals surface area contributed by atoms with Crippen molar-refractivity contribution in [2.75, 3.05) is 6.61 Å². The van der Waals surface area contributed by atoms with Crippen LogP contribution in [0.25, 0.3) is 0 Å². The Bertz CT molecular complexity index is 341. The van der Waals surface area contributed by atoms with Gasteiger partial charge in [0.15, 0.2) is 0 Å². The van der Waals surface area contributed by atoms with Crippen molar-refractivity contribution < 1.29 is 9.53 Å². The minimum Gasteiger partial charge on any atom is -0.466 e. The Balaban J connectivity index is 1.72. The zero-order chi connectivity index (χ0) is 13.2. The molecule has 2 aliphatic rings. The summed E-state index contributed by atoms with van der Waals surface area (Å²) >= 11 is 0. The van der Waals surface area contributed by atoms with E-state index in [2.05, 4.69) is 19.9 Å². The summed E-state index contributed by atoms with van der Waals surface area (Å²) in [6.07, 6.45) is 9.23. The van der Waals surface area contributed by atoms with E-state index in [9.17, 15) is 4.79 Å². The van der Waals surface area contributed by atoms with Crippen LogP contribution in [0.15, 0.2) is 11.6 Å². The predicted octanol–water partition coefficient (Wildman–Crippen LogP) is 4.10. The lowest BCUT2D eigenvalue weighted by atomic mass is 9.87. The van der Waals surface area contributed by atoms with Gasteiger partial charge in [-0.3, -0.25) is 4.79 Å². The van der Waals surface area contributed by atoms with E-state index in [-0.39, 0.29) is 11.9 Å². The van der Waals surface area contributed by atoms with Crippen molar-refractivity contribution in [1.82, 2.24) is 0 Å². The molecule has 2 nitrogen and oxygen atoms in total. The van der Waals surface area contributed by atoms with E-state index in [1.807, 2.05) is 6.92 Å². The number of esters is 1. The van der Waals surface area contributed by atoms with Gasteiger partial charge in [0.25, 0.3) is 0 Å². The second kappa shape index (κ2) is 5.46. The van der Waals surface area contributed by atoms with E-state index in [4.69, 9.17) is 4.74 Å². The molecule has 102 valence electrons. The number of hydrogen-bond acceptors (Lipinski definition) is 2. The third kappa shape index (κ3) is 3.37. The van der Waals surface area contributed by atoms with E-state index in [0.717, 1.165) is 25.2 Å². The third-order valence-corrected chi connectivity index (χ3v) is 4.66. The molecule has 0 aliphatic heterocycles. The SMILES string of the molecule is CCOC(=O)C1CC=C(CCC2CC2(C)C)CC1. The minimum atomic E-state index is -0.00359. The van der Waals surface area contributed by atoms with Gasteiger partial charge in [-0.05, 0) is 56.8 Å². The largest absolute Gasteiger partial charge is 0.466 e. The molecule has 2 rings (SSSR count). The third-order valence-electron chi connectivity index (χ3n) is 4.66. The molecule has 0 N–H and O–H groups in total. The quantitative estimate of drug-likeness (QED) is 0.542. The molecule has 0 spiro atoms. The highest BCUT2D eigenvalue weighted by molar-refractivity contribution is 5.72.